The Balaban J connectivity index is 0.00000156. The van der Waals surface area contributed by atoms with Gasteiger partial charge in [0.1, 0.15) is 0 Å². The number of piperidine rings is 2. The summed E-state index contributed by atoms with van der Waals surface area (Å²) in [6.45, 7) is 5.73. The third-order valence-electron chi connectivity index (χ3n) is 5.70. The van der Waals surface area contributed by atoms with Crippen molar-refractivity contribution in [3.63, 3.8) is 0 Å². The minimum Gasteiger partial charge on any atom is -0.549 e. The summed E-state index contributed by atoms with van der Waals surface area (Å²) in [5.41, 5.74) is -1.09. The number of likely N-dealkylation sites (tertiary alicyclic amines) is 2. The molecule has 1 amide bonds. The predicted octanol–water partition coefficient (Wildman–Crippen LogP) is -7.82. The van der Waals surface area contributed by atoms with E-state index < -0.39 is 30.1 Å². The Morgan fingerprint density at radius 3 is 2.12 bits per heavy atom. The van der Waals surface area contributed by atoms with E-state index in [1.165, 1.54) is 4.90 Å². The zero-order valence-electron chi connectivity index (χ0n) is 15.8. The van der Waals surface area contributed by atoms with Gasteiger partial charge in [0.25, 0.3) is 0 Å². The van der Waals surface area contributed by atoms with Crippen molar-refractivity contribution in [1.29, 1.82) is 0 Å². The maximum atomic E-state index is 12.9. The van der Waals surface area contributed by atoms with E-state index in [0.29, 0.717) is 19.4 Å². The molecule has 2 heterocycles. The molecule has 4 atom stereocenters. The third kappa shape index (κ3) is 3.98. The Morgan fingerprint density at radius 2 is 1.60 bits per heavy atom. The van der Waals surface area contributed by atoms with Crippen LogP contribution in [0.1, 0.15) is 40.0 Å². The van der Waals surface area contributed by atoms with Crippen LogP contribution in [-0.4, -0.2) is 53.4 Å². The molecule has 0 aromatic carbocycles. The Kier molecular flexibility index (Phi) is 6.94. The third-order valence-corrected chi connectivity index (χ3v) is 5.70. The van der Waals surface area contributed by atoms with Crippen molar-refractivity contribution in [3.8, 4) is 0 Å². The maximum Gasteiger partial charge on any atom is 1.00 e. The molecule has 25 heavy (non-hydrogen) atoms. The Labute approximate surface area is 192 Å². The van der Waals surface area contributed by atoms with Gasteiger partial charge in [-0.1, -0.05) is 20.8 Å². The molecule has 0 aromatic rings. The van der Waals surface area contributed by atoms with Crippen LogP contribution in [0.25, 0.3) is 0 Å². The normalized spacial score (nSPS) is 39.4. The molecule has 3 rings (SSSR count). The van der Waals surface area contributed by atoms with Crippen LogP contribution in [0, 0.1) is 16.2 Å². The largest absolute Gasteiger partial charge is 1.00 e. The van der Waals surface area contributed by atoms with E-state index in [9.17, 15) is 24.6 Å². The fourth-order valence-electron chi connectivity index (χ4n) is 6.10. The van der Waals surface area contributed by atoms with E-state index in [1.54, 1.807) is 4.90 Å². The van der Waals surface area contributed by atoms with Crippen LogP contribution in [0.2, 0.25) is 0 Å². The number of carbonyl (C=O) groups excluding carboxylic acids is 3. The van der Waals surface area contributed by atoms with Gasteiger partial charge in [-0.25, -0.2) is 0 Å². The van der Waals surface area contributed by atoms with E-state index in [2.05, 4.69) is 6.92 Å². The first-order valence-corrected chi connectivity index (χ1v) is 7.93. The number of carbonyl (C=O) groups is 3. The molecule has 7 nitrogen and oxygen atoms in total. The molecule has 0 aromatic heterocycles. The molecule has 0 radical (unpaired) electrons. The first-order chi connectivity index (χ1) is 10.5. The average Bonchev–Trinajstić information content (AvgIpc) is 2.30. The van der Waals surface area contributed by atoms with Gasteiger partial charge in [0, 0.05) is 23.9 Å². The van der Waals surface area contributed by atoms with Crippen LogP contribution in [0.5, 0.6) is 0 Å². The van der Waals surface area contributed by atoms with Gasteiger partial charge >= 0.3 is 59.1 Å². The van der Waals surface area contributed by atoms with Crippen LogP contribution in [0.3, 0.4) is 0 Å². The van der Waals surface area contributed by atoms with Gasteiger partial charge in [0.2, 0.25) is 5.91 Å². The SMILES string of the molecule is C[C@]12CN(CC(=O)[O-])[C@@H]3N(CC(=O)[O-])C(=O)[C@](C)(C1)C[C@]3(C)C2.[Na+].[Na+]. The second-order valence-corrected chi connectivity index (χ2v) is 8.51. The summed E-state index contributed by atoms with van der Waals surface area (Å²) in [5, 5.41) is 22.3. The van der Waals surface area contributed by atoms with Crippen molar-refractivity contribution in [1.82, 2.24) is 9.80 Å². The average molecular weight is 368 g/mol. The van der Waals surface area contributed by atoms with Crippen LogP contribution in [-0.2, 0) is 14.4 Å². The second-order valence-electron chi connectivity index (χ2n) is 8.51. The van der Waals surface area contributed by atoms with E-state index in [-0.39, 0.29) is 82.4 Å². The molecular formula is C16H22N2Na2O5. The number of fused-ring (bicyclic) bond motifs is 2. The van der Waals surface area contributed by atoms with E-state index in [4.69, 9.17) is 0 Å². The minimum absolute atomic E-state index is 0. The molecule has 1 saturated carbocycles. The molecule has 0 N–H and O–H groups in total. The smallest absolute Gasteiger partial charge is 0.549 e. The molecule has 128 valence electrons. The molecule has 2 aliphatic heterocycles. The van der Waals surface area contributed by atoms with Gasteiger partial charge in [0.05, 0.1) is 24.6 Å². The molecule has 3 bridgehead atoms. The fourth-order valence-corrected chi connectivity index (χ4v) is 6.10. The summed E-state index contributed by atoms with van der Waals surface area (Å²) in [4.78, 5) is 38.3. The quantitative estimate of drug-likeness (QED) is 0.457. The summed E-state index contributed by atoms with van der Waals surface area (Å²) in [7, 11) is 0. The summed E-state index contributed by atoms with van der Waals surface area (Å²) in [6.07, 6.45) is 1.59. The van der Waals surface area contributed by atoms with Crippen molar-refractivity contribution in [2.45, 2.75) is 46.2 Å². The fraction of sp³-hybridized carbons (Fsp3) is 0.812. The first-order valence-electron chi connectivity index (χ1n) is 7.93. The summed E-state index contributed by atoms with van der Waals surface area (Å²) < 4.78 is 0. The van der Waals surface area contributed by atoms with Crippen molar-refractivity contribution >= 4 is 17.8 Å². The number of carboxylic acids is 2. The number of hydrogen-bond donors (Lipinski definition) is 0. The number of carboxylic acid groups (broad SMARTS) is 2. The van der Waals surface area contributed by atoms with Gasteiger partial charge in [-0.2, -0.15) is 0 Å². The predicted molar refractivity (Wildman–Crippen MR) is 75.3 cm³/mol. The van der Waals surface area contributed by atoms with Crippen molar-refractivity contribution in [2.24, 2.45) is 16.2 Å². The topological polar surface area (TPSA) is 104 Å². The molecule has 0 spiro atoms. The molecule has 9 heteroatoms. The van der Waals surface area contributed by atoms with Gasteiger partial charge in [-0.15, -0.1) is 0 Å². The monoisotopic (exact) mass is 368 g/mol. The van der Waals surface area contributed by atoms with Gasteiger partial charge in [-0.05, 0) is 24.7 Å². The van der Waals surface area contributed by atoms with Crippen molar-refractivity contribution in [2.75, 3.05) is 19.6 Å². The number of aliphatic carboxylic acids is 2. The van der Waals surface area contributed by atoms with Crippen LogP contribution >= 0.6 is 0 Å². The maximum absolute atomic E-state index is 12.9. The number of amides is 1. The molecule has 0 unspecified atom stereocenters. The second kappa shape index (κ2) is 7.41. The number of hydrogen-bond acceptors (Lipinski definition) is 6. The van der Waals surface area contributed by atoms with E-state index in [0.717, 1.165) is 6.42 Å². The van der Waals surface area contributed by atoms with E-state index >= 15 is 0 Å². The number of rotatable bonds is 4. The molecule has 2 saturated heterocycles. The van der Waals surface area contributed by atoms with Crippen LogP contribution < -0.4 is 69.3 Å². The van der Waals surface area contributed by atoms with Gasteiger partial charge in [-0.3, -0.25) is 9.69 Å². The summed E-state index contributed by atoms with van der Waals surface area (Å²) in [5.74, 6) is -2.75. The molecule has 3 fully saturated rings. The first kappa shape index (κ1) is 23.4. The summed E-state index contributed by atoms with van der Waals surface area (Å²) >= 11 is 0. The Hall–Kier alpha value is 0.370. The van der Waals surface area contributed by atoms with Crippen molar-refractivity contribution < 1.29 is 83.7 Å². The van der Waals surface area contributed by atoms with Crippen molar-refractivity contribution in [3.05, 3.63) is 0 Å². The number of nitrogens with zero attached hydrogens (tertiary/aromatic N) is 2. The zero-order valence-corrected chi connectivity index (χ0v) is 19.8. The zero-order chi connectivity index (χ0) is 17.2. The summed E-state index contributed by atoms with van der Waals surface area (Å²) in [6, 6.07) is 0. The Bertz CT molecular complexity index is 599. The Morgan fingerprint density at radius 1 is 1.04 bits per heavy atom. The molecular weight excluding hydrogens is 346 g/mol. The van der Waals surface area contributed by atoms with Crippen LogP contribution in [0.4, 0.5) is 0 Å². The standard InChI is InChI=1S/C16H24N2O5.2Na/c1-14-6-15(2)8-16(3,7-14)13(23)18(5-11(21)22)12(15)17(9-14)4-10(19)20;;/h12H,4-9H2,1-3H3,(H,19,20)(H,21,22);;/q;2*+1/p-2/t12-,14-,15+,16-;;/m1../s1. The molecule has 3 aliphatic rings. The molecule has 1 aliphatic carbocycles. The van der Waals surface area contributed by atoms with Gasteiger partial charge < -0.3 is 24.7 Å². The van der Waals surface area contributed by atoms with E-state index in [1.807, 2.05) is 13.8 Å². The van der Waals surface area contributed by atoms with Crippen LogP contribution in [0.15, 0.2) is 0 Å². The van der Waals surface area contributed by atoms with Gasteiger partial charge in [0.15, 0.2) is 0 Å². The minimum atomic E-state index is -1.33.